The Morgan fingerprint density at radius 1 is 0.806 bits per heavy atom. The SMILES string of the molecule is COc1cccc(Cn2nc(-c3ccc(Cl)c(Cl)c3)c(C)c2-c2ccc(Cl)c(Cl)c2)c1. The molecular formula is C24H18Cl4N2O. The zero-order valence-corrected chi connectivity index (χ0v) is 19.8. The van der Waals surface area contributed by atoms with Gasteiger partial charge in [-0.2, -0.15) is 5.10 Å². The fourth-order valence-electron chi connectivity index (χ4n) is 3.54. The second kappa shape index (κ2) is 9.13. The summed E-state index contributed by atoms with van der Waals surface area (Å²) in [7, 11) is 1.65. The van der Waals surface area contributed by atoms with Crippen LogP contribution in [-0.4, -0.2) is 16.9 Å². The molecule has 0 amide bonds. The summed E-state index contributed by atoms with van der Waals surface area (Å²) in [6, 6.07) is 19.0. The largest absolute Gasteiger partial charge is 0.497 e. The molecule has 0 fully saturated rings. The number of ether oxygens (including phenoxy) is 1. The first-order valence-corrected chi connectivity index (χ1v) is 11.0. The summed E-state index contributed by atoms with van der Waals surface area (Å²) >= 11 is 24.8. The van der Waals surface area contributed by atoms with Crippen LogP contribution in [-0.2, 0) is 6.54 Å². The predicted molar refractivity (Wildman–Crippen MR) is 130 cm³/mol. The second-order valence-corrected chi connectivity index (χ2v) is 8.72. The third kappa shape index (κ3) is 4.56. The van der Waals surface area contributed by atoms with Gasteiger partial charge in [0, 0.05) is 16.7 Å². The zero-order valence-electron chi connectivity index (χ0n) is 16.8. The van der Waals surface area contributed by atoms with E-state index >= 15 is 0 Å². The van der Waals surface area contributed by atoms with Gasteiger partial charge in [0.25, 0.3) is 0 Å². The monoisotopic (exact) mass is 490 g/mol. The van der Waals surface area contributed by atoms with Crippen LogP contribution in [0.25, 0.3) is 22.5 Å². The normalized spacial score (nSPS) is 11.0. The number of aromatic nitrogens is 2. The molecule has 0 unspecified atom stereocenters. The van der Waals surface area contributed by atoms with E-state index in [1.165, 1.54) is 0 Å². The van der Waals surface area contributed by atoms with Crippen molar-refractivity contribution in [3.05, 3.63) is 91.9 Å². The summed E-state index contributed by atoms with van der Waals surface area (Å²) in [6.45, 7) is 2.58. The lowest BCUT2D eigenvalue weighted by atomic mass is 10.0. The van der Waals surface area contributed by atoms with Gasteiger partial charge in [-0.3, -0.25) is 4.68 Å². The highest BCUT2D eigenvalue weighted by Crippen LogP contribution is 2.36. The van der Waals surface area contributed by atoms with Gasteiger partial charge in [-0.25, -0.2) is 0 Å². The number of nitrogens with zero attached hydrogens (tertiary/aromatic N) is 2. The standard InChI is InChI=1S/C24H18Cl4N2O/c1-14-23(16-6-8-19(25)21(27)11-16)29-30(13-15-4-3-5-18(10-15)31-2)24(14)17-7-9-20(26)22(28)12-17/h3-12H,13H2,1-2H3. The Bertz CT molecular complexity index is 1270. The molecule has 0 bridgehead atoms. The Balaban J connectivity index is 1.88. The van der Waals surface area contributed by atoms with Crippen molar-refractivity contribution in [1.82, 2.24) is 9.78 Å². The smallest absolute Gasteiger partial charge is 0.119 e. The molecule has 0 aliphatic heterocycles. The van der Waals surface area contributed by atoms with E-state index in [4.69, 9.17) is 56.2 Å². The van der Waals surface area contributed by atoms with Crippen LogP contribution in [0.15, 0.2) is 60.7 Å². The molecule has 158 valence electrons. The van der Waals surface area contributed by atoms with Crippen molar-refractivity contribution >= 4 is 46.4 Å². The Morgan fingerprint density at radius 2 is 1.45 bits per heavy atom. The van der Waals surface area contributed by atoms with Crippen molar-refractivity contribution in [2.45, 2.75) is 13.5 Å². The molecule has 1 heterocycles. The molecule has 0 radical (unpaired) electrons. The van der Waals surface area contributed by atoms with E-state index in [1.807, 2.05) is 60.1 Å². The van der Waals surface area contributed by atoms with E-state index < -0.39 is 0 Å². The van der Waals surface area contributed by atoms with Crippen LogP contribution in [0.3, 0.4) is 0 Å². The molecule has 0 aliphatic carbocycles. The lowest BCUT2D eigenvalue weighted by Crippen LogP contribution is -2.04. The molecule has 1 aromatic heterocycles. The average molecular weight is 492 g/mol. The van der Waals surface area contributed by atoms with E-state index in [0.717, 1.165) is 39.4 Å². The zero-order chi connectivity index (χ0) is 22.1. The van der Waals surface area contributed by atoms with Gasteiger partial charge in [-0.05, 0) is 48.9 Å². The Morgan fingerprint density at radius 3 is 2.10 bits per heavy atom. The van der Waals surface area contributed by atoms with Gasteiger partial charge in [-0.1, -0.05) is 70.7 Å². The first kappa shape index (κ1) is 22.0. The number of hydrogen-bond acceptors (Lipinski definition) is 2. The van der Waals surface area contributed by atoms with Crippen molar-refractivity contribution in [3.63, 3.8) is 0 Å². The molecular weight excluding hydrogens is 474 g/mol. The Hall–Kier alpha value is -2.17. The molecule has 3 nitrogen and oxygen atoms in total. The van der Waals surface area contributed by atoms with E-state index in [2.05, 4.69) is 0 Å². The number of rotatable bonds is 5. The fraction of sp³-hybridized carbons (Fsp3) is 0.125. The number of benzene rings is 3. The molecule has 0 saturated carbocycles. The van der Waals surface area contributed by atoms with Crippen molar-refractivity contribution in [3.8, 4) is 28.3 Å². The minimum atomic E-state index is 0.483. The summed E-state index contributed by atoms with van der Waals surface area (Å²) < 4.78 is 7.33. The van der Waals surface area contributed by atoms with Gasteiger partial charge in [0.1, 0.15) is 5.75 Å². The molecule has 0 aliphatic rings. The van der Waals surface area contributed by atoms with Crippen molar-refractivity contribution in [1.29, 1.82) is 0 Å². The van der Waals surface area contributed by atoms with Gasteiger partial charge in [0.15, 0.2) is 0 Å². The maximum atomic E-state index is 6.32. The maximum absolute atomic E-state index is 6.32. The second-order valence-electron chi connectivity index (χ2n) is 7.09. The van der Waals surface area contributed by atoms with Crippen LogP contribution < -0.4 is 4.74 Å². The van der Waals surface area contributed by atoms with E-state index in [9.17, 15) is 0 Å². The van der Waals surface area contributed by atoms with E-state index in [-0.39, 0.29) is 0 Å². The number of halogens is 4. The molecule has 3 aromatic carbocycles. The van der Waals surface area contributed by atoms with Crippen molar-refractivity contribution < 1.29 is 4.74 Å². The minimum absolute atomic E-state index is 0.483. The molecule has 0 saturated heterocycles. The highest BCUT2D eigenvalue weighted by atomic mass is 35.5. The summed E-state index contributed by atoms with van der Waals surface area (Å²) in [5, 5.41) is 6.91. The van der Waals surface area contributed by atoms with Gasteiger partial charge in [-0.15, -0.1) is 0 Å². The summed E-state index contributed by atoms with van der Waals surface area (Å²) in [5.41, 5.74) is 5.64. The highest BCUT2D eigenvalue weighted by molar-refractivity contribution is 6.42. The number of hydrogen-bond donors (Lipinski definition) is 0. The fourth-order valence-corrected chi connectivity index (χ4v) is 4.13. The third-order valence-corrected chi connectivity index (χ3v) is 6.52. The topological polar surface area (TPSA) is 27.1 Å². The molecule has 0 spiro atoms. The minimum Gasteiger partial charge on any atom is -0.497 e. The first-order chi connectivity index (χ1) is 14.9. The predicted octanol–water partition coefficient (Wildman–Crippen LogP) is 8.20. The molecule has 4 rings (SSSR count). The van der Waals surface area contributed by atoms with Crippen LogP contribution in [0.2, 0.25) is 20.1 Å². The average Bonchev–Trinajstić information content (AvgIpc) is 3.08. The van der Waals surface area contributed by atoms with Gasteiger partial charge < -0.3 is 4.74 Å². The van der Waals surface area contributed by atoms with Crippen molar-refractivity contribution in [2.75, 3.05) is 7.11 Å². The van der Waals surface area contributed by atoms with Crippen molar-refractivity contribution in [2.24, 2.45) is 0 Å². The highest BCUT2D eigenvalue weighted by Gasteiger charge is 2.19. The van der Waals surface area contributed by atoms with Crippen LogP contribution in [0.1, 0.15) is 11.1 Å². The number of methoxy groups -OCH3 is 1. The Labute approximate surface area is 201 Å². The van der Waals surface area contributed by atoms with Gasteiger partial charge >= 0.3 is 0 Å². The first-order valence-electron chi connectivity index (χ1n) is 9.48. The van der Waals surface area contributed by atoms with Crippen LogP contribution in [0.5, 0.6) is 5.75 Å². The summed E-state index contributed by atoms with van der Waals surface area (Å²) in [5.74, 6) is 0.794. The molecule has 7 heteroatoms. The molecule has 0 N–H and O–H groups in total. The van der Waals surface area contributed by atoms with Crippen LogP contribution >= 0.6 is 46.4 Å². The third-order valence-electron chi connectivity index (χ3n) is 5.04. The van der Waals surface area contributed by atoms with Gasteiger partial charge in [0.2, 0.25) is 0 Å². The van der Waals surface area contributed by atoms with Crippen LogP contribution in [0.4, 0.5) is 0 Å². The lowest BCUT2D eigenvalue weighted by Gasteiger charge is -2.11. The van der Waals surface area contributed by atoms with Crippen LogP contribution in [0, 0.1) is 6.92 Å². The summed E-state index contributed by atoms with van der Waals surface area (Å²) in [4.78, 5) is 0. The molecule has 31 heavy (non-hydrogen) atoms. The van der Waals surface area contributed by atoms with E-state index in [1.54, 1.807) is 19.2 Å². The van der Waals surface area contributed by atoms with E-state index in [0.29, 0.717) is 26.6 Å². The summed E-state index contributed by atoms with van der Waals surface area (Å²) in [6.07, 6.45) is 0. The lowest BCUT2D eigenvalue weighted by molar-refractivity contribution is 0.414. The molecule has 0 atom stereocenters. The van der Waals surface area contributed by atoms with Gasteiger partial charge in [0.05, 0.1) is 45.1 Å². The maximum Gasteiger partial charge on any atom is 0.119 e. The Kier molecular flexibility index (Phi) is 6.49. The molecule has 4 aromatic rings. The quantitative estimate of drug-likeness (QED) is 0.281.